The molecular formula is C24H37N3O5. The molecule has 2 rings (SSSR count). The zero-order valence-corrected chi connectivity index (χ0v) is 20.0. The highest BCUT2D eigenvalue weighted by Gasteiger charge is 2.42. The number of alkyl carbamates (subject to hydrolysis) is 1. The summed E-state index contributed by atoms with van der Waals surface area (Å²) in [6, 6.07) is 5.11. The highest BCUT2D eigenvalue weighted by Crippen LogP contribution is 2.34. The number of hydrogen-bond acceptors (Lipinski definition) is 5. The Bertz CT molecular complexity index is 814. The maximum atomic E-state index is 13.6. The number of nitrogens with zero attached hydrogens (tertiary/aromatic N) is 1. The summed E-state index contributed by atoms with van der Waals surface area (Å²) in [5.74, 6) is -0.793. The molecule has 0 bridgehead atoms. The molecule has 2 atom stereocenters. The summed E-state index contributed by atoms with van der Waals surface area (Å²) in [5, 5.41) is 15.3. The number of carbonyl (C=O) groups excluding carboxylic acids is 3. The van der Waals surface area contributed by atoms with Crippen LogP contribution in [0.4, 0.5) is 4.79 Å². The first-order valence-corrected chi connectivity index (χ1v) is 11.2. The van der Waals surface area contributed by atoms with Crippen molar-refractivity contribution in [1.29, 1.82) is 0 Å². The summed E-state index contributed by atoms with van der Waals surface area (Å²) < 4.78 is 5.25. The lowest BCUT2D eigenvalue weighted by Gasteiger charge is -2.44. The van der Waals surface area contributed by atoms with Crippen LogP contribution in [0.2, 0.25) is 0 Å². The fourth-order valence-corrected chi connectivity index (χ4v) is 3.67. The molecule has 3 amide bonds. The molecule has 32 heavy (non-hydrogen) atoms. The van der Waals surface area contributed by atoms with Gasteiger partial charge >= 0.3 is 6.09 Å². The van der Waals surface area contributed by atoms with E-state index in [-0.39, 0.29) is 18.0 Å². The number of rotatable bonds is 8. The van der Waals surface area contributed by atoms with Crippen molar-refractivity contribution >= 4 is 17.9 Å². The maximum Gasteiger partial charge on any atom is 0.408 e. The van der Waals surface area contributed by atoms with E-state index >= 15 is 0 Å². The van der Waals surface area contributed by atoms with Gasteiger partial charge in [-0.25, -0.2) is 4.79 Å². The second-order valence-electron chi connectivity index (χ2n) is 9.63. The molecule has 0 spiro atoms. The van der Waals surface area contributed by atoms with E-state index in [0.717, 1.165) is 30.4 Å². The molecule has 178 valence electrons. The molecule has 1 fully saturated rings. The van der Waals surface area contributed by atoms with Crippen LogP contribution in [0.5, 0.6) is 0 Å². The van der Waals surface area contributed by atoms with Crippen LogP contribution < -0.4 is 10.6 Å². The molecule has 3 N–H and O–H groups in total. The number of nitrogens with one attached hydrogen (secondary N) is 2. The normalized spacial score (nSPS) is 16.0. The smallest absolute Gasteiger partial charge is 0.408 e. The molecule has 0 aromatic heterocycles. The number of carbonyl (C=O) groups is 3. The molecule has 1 aromatic rings. The molecule has 0 saturated heterocycles. The second-order valence-corrected chi connectivity index (χ2v) is 9.63. The zero-order chi connectivity index (χ0) is 24.1. The third kappa shape index (κ3) is 6.69. The lowest BCUT2D eigenvalue weighted by Crippen LogP contribution is -2.58. The maximum absolute atomic E-state index is 13.6. The van der Waals surface area contributed by atoms with E-state index in [1.54, 1.807) is 25.7 Å². The fraction of sp³-hybridized carbons (Fsp3) is 0.625. The predicted molar refractivity (Wildman–Crippen MR) is 122 cm³/mol. The SMILES string of the molecule is Cc1ccccc1C(C(=O)NC(C)C)N(C(=O)C(CO)NC(=O)OC(C)(C)C)C1CCC1. The van der Waals surface area contributed by atoms with Gasteiger partial charge in [-0.1, -0.05) is 24.3 Å². The minimum Gasteiger partial charge on any atom is -0.444 e. The molecular weight excluding hydrogens is 410 g/mol. The average molecular weight is 448 g/mol. The molecule has 8 nitrogen and oxygen atoms in total. The minimum absolute atomic E-state index is 0.110. The molecule has 1 aliphatic rings. The van der Waals surface area contributed by atoms with Gasteiger partial charge in [0, 0.05) is 12.1 Å². The van der Waals surface area contributed by atoms with Crippen molar-refractivity contribution in [2.24, 2.45) is 0 Å². The van der Waals surface area contributed by atoms with E-state index in [4.69, 9.17) is 4.74 Å². The average Bonchev–Trinajstić information content (AvgIpc) is 2.63. The Labute approximate surface area is 190 Å². The predicted octanol–water partition coefficient (Wildman–Crippen LogP) is 2.83. The highest BCUT2D eigenvalue weighted by atomic mass is 16.6. The number of aliphatic hydroxyl groups is 1. The molecule has 1 aliphatic carbocycles. The topological polar surface area (TPSA) is 108 Å². The van der Waals surface area contributed by atoms with Gasteiger partial charge in [-0.05, 0) is 71.9 Å². The largest absolute Gasteiger partial charge is 0.444 e. The Morgan fingerprint density at radius 2 is 1.78 bits per heavy atom. The van der Waals surface area contributed by atoms with Crippen LogP contribution in [-0.2, 0) is 14.3 Å². The van der Waals surface area contributed by atoms with Gasteiger partial charge in [0.25, 0.3) is 0 Å². The third-order valence-corrected chi connectivity index (χ3v) is 5.33. The van der Waals surface area contributed by atoms with Crippen molar-refractivity contribution < 1.29 is 24.2 Å². The van der Waals surface area contributed by atoms with E-state index in [1.165, 1.54) is 0 Å². The molecule has 8 heteroatoms. The first-order chi connectivity index (χ1) is 14.9. The van der Waals surface area contributed by atoms with Crippen LogP contribution >= 0.6 is 0 Å². The van der Waals surface area contributed by atoms with E-state index in [1.807, 2.05) is 45.0 Å². The minimum atomic E-state index is -1.22. The van der Waals surface area contributed by atoms with Gasteiger partial charge < -0.3 is 25.4 Å². The summed E-state index contributed by atoms with van der Waals surface area (Å²) in [7, 11) is 0. The molecule has 2 unspecified atom stereocenters. The van der Waals surface area contributed by atoms with Crippen LogP contribution in [0.1, 0.15) is 71.0 Å². The highest BCUT2D eigenvalue weighted by molar-refractivity contribution is 5.92. The lowest BCUT2D eigenvalue weighted by atomic mass is 9.87. The second kappa shape index (κ2) is 10.8. The Morgan fingerprint density at radius 1 is 1.16 bits per heavy atom. The van der Waals surface area contributed by atoms with Crippen LogP contribution in [0.3, 0.4) is 0 Å². The summed E-state index contributed by atoms with van der Waals surface area (Å²) in [5.41, 5.74) is 0.857. The summed E-state index contributed by atoms with van der Waals surface area (Å²) in [4.78, 5) is 40.8. The standard InChI is InChI=1S/C24H37N3O5/c1-15(2)25-21(29)20(18-13-8-7-10-16(18)3)27(17-11-9-12-17)22(30)19(14-28)26-23(31)32-24(4,5)6/h7-8,10,13,15,17,19-20,28H,9,11-12,14H2,1-6H3,(H,25,29)(H,26,31). The molecule has 0 radical (unpaired) electrons. The van der Waals surface area contributed by atoms with Crippen molar-refractivity contribution in [1.82, 2.24) is 15.5 Å². The van der Waals surface area contributed by atoms with E-state index in [0.29, 0.717) is 0 Å². The van der Waals surface area contributed by atoms with Crippen LogP contribution in [0.25, 0.3) is 0 Å². The van der Waals surface area contributed by atoms with Crippen LogP contribution in [0, 0.1) is 6.92 Å². The number of amides is 3. The summed E-state index contributed by atoms with van der Waals surface area (Å²) in [6.45, 7) is 10.2. The van der Waals surface area contributed by atoms with Gasteiger partial charge in [0.05, 0.1) is 6.61 Å². The Balaban J connectivity index is 2.42. The van der Waals surface area contributed by atoms with Crippen LogP contribution in [-0.4, -0.2) is 58.2 Å². The Hall–Kier alpha value is -2.61. The Morgan fingerprint density at radius 3 is 2.25 bits per heavy atom. The number of aryl methyl sites for hydroxylation is 1. The van der Waals surface area contributed by atoms with Crippen molar-refractivity contribution in [3.63, 3.8) is 0 Å². The first-order valence-electron chi connectivity index (χ1n) is 11.2. The zero-order valence-electron chi connectivity index (χ0n) is 20.0. The summed E-state index contributed by atoms with van der Waals surface area (Å²) >= 11 is 0. The van der Waals surface area contributed by atoms with E-state index < -0.39 is 36.3 Å². The van der Waals surface area contributed by atoms with Gasteiger partial charge in [-0.15, -0.1) is 0 Å². The third-order valence-electron chi connectivity index (χ3n) is 5.33. The summed E-state index contributed by atoms with van der Waals surface area (Å²) in [6.07, 6.45) is 1.67. The van der Waals surface area contributed by atoms with Gasteiger partial charge in [0.15, 0.2) is 0 Å². The van der Waals surface area contributed by atoms with Crippen molar-refractivity contribution in [3.05, 3.63) is 35.4 Å². The van der Waals surface area contributed by atoms with Crippen LogP contribution in [0.15, 0.2) is 24.3 Å². The number of hydrogen-bond donors (Lipinski definition) is 3. The van der Waals surface area contributed by atoms with Gasteiger partial charge in [0.2, 0.25) is 11.8 Å². The molecule has 0 heterocycles. The lowest BCUT2D eigenvalue weighted by molar-refractivity contribution is -0.148. The quantitative estimate of drug-likeness (QED) is 0.568. The monoisotopic (exact) mass is 447 g/mol. The van der Waals surface area contributed by atoms with E-state index in [9.17, 15) is 19.5 Å². The fourth-order valence-electron chi connectivity index (χ4n) is 3.67. The van der Waals surface area contributed by atoms with Crippen molar-refractivity contribution in [2.45, 2.75) is 90.6 Å². The number of benzene rings is 1. The molecule has 1 saturated carbocycles. The Kier molecular flexibility index (Phi) is 8.66. The molecule has 1 aromatic carbocycles. The number of aliphatic hydroxyl groups excluding tert-OH is 1. The van der Waals surface area contributed by atoms with Gasteiger partial charge in [-0.3, -0.25) is 9.59 Å². The van der Waals surface area contributed by atoms with E-state index in [2.05, 4.69) is 10.6 Å². The van der Waals surface area contributed by atoms with Crippen molar-refractivity contribution in [3.8, 4) is 0 Å². The first kappa shape index (κ1) is 25.6. The van der Waals surface area contributed by atoms with Crippen molar-refractivity contribution in [2.75, 3.05) is 6.61 Å². The van der Waals surface area contributed by atoms with Gasteiger partial charge in [-0.2, -0.15) is 0 Å². The van der Waals surface area contributed by atoms with Gasteiger partial charge in [0.1, 0.15) is 17.7 Å². The number of ether oxygens (including phenoxy) is 1. The molecule has 0 aliphatic heterocycles.